The molecule has 5 atom stereocenters. The van der Waals surface area contributed by atoms with E-state index in [0.29, 0.717) is 24.7 Å². The molecule has 4 rings (SSSR count). The molecule has 0 saturated carbocycles. The summed E-state index contributed by atoms with van der Waals surface area (Å²) >= 11 is 0. The zero-order valence-electron chi connectivity index (χ0n) is 12.5. The number of hydrogen-bond acceptors (Lipinski definition) is 6. The minimum Gasteiger partial charge on any atom is -0.379 e. The zero-order chi connectivity index (χ0) is 14.2. The Kier molecular flexibility index (Phi) is 3.69. The Bertz CT molecular complexity index is 492. The highest BCUT2D eigenvalue weighted by Gasteiger charge is 2.44. The molecular weight excluding hydrogens is 270 g/mol. The van der Waals surface area contributed by atoms with Gasteiger partial charge in [-0.15, -0.1) is 0 Å². The third-order valence-corrected chi connectivity index (χ3v) is 4.95. The van der Waals surface area contributed by atoms with E-state index in [4.69, 9.17) is 14.0 Å². The second kappa shape index (κ2) is 5.66. The van der Waals surface area contributed by atoms with Crippen LogP contribution < -0.4 is 5.32 Å². The topological polar surface area (TPSA) is 69.4 Å². The molecule has 4 heterocycles. The molecule has 0 spiro atoms. The fraction of sp³-hybridized carbons (Fsp3) is 0.867. The smallest absolute Gasteiger partial charge is 0.233 e. The van der Waals surface area contributed by atoms with Gasteiger partial charge in [0.1, 0.15) is 0 Å². The molecule has 21 heavy (non-hydrogen) atoms. The lowest BCUT2D eigenvalue weighted by Crippen LogP contribution is -2.35. The maximum Gasteiger partial charge on any atom is 0.233 e. The highest BCUT2D eigenvalue weighted by atomic mass is 16.5. The third-order valence-electron chi connectivity index (χ3n) is 4.95. The Morgan fingerprint density at radius 1 is 1.24 bits per heavy atom. The van der Waals surface area contributed by atoms with E-state index < -0.39 is 0 Å². The number of nitrogens with one attached hydrogen (secondary N) is 1. The van der Waals surface area contributed by atoms with Crippen LogP contribution in [0.1, 0.15) is 56.2 Å². The van der Waals surface area contributed by atoms with Crippen molar-refractivity contribution in [3.63, 3.8) is 0 Å². The van der Waals surface area contributed by atoms with Gasteiger partial charge in [0.05, 0.1) is 37.3 Å². The van der Waals surface area contributed by atoms with Crippen LogP contribution in [0.3, 0.4) is 0 Å². The fourth-order valence-corrected chi connectivity index (χ4v) is 3.79. The van der Waals surface area contributed by atoms with Crippen LogP contribution >= 0.6 is 0 Å². The number of hydrogen-bond donors (Lipinski definition) is 1. The van der Waals surface area contributed by atoms with Crippen LogP contribution in [-0.2, 0) is 9.47 Å². The molecule has 116 valence electrons. The van der Waals surface area contributed by atoms with Gasteiger partial charge in [0.2, 0.25) is 5.89 Å². The highest BCUT2D eigenvalue weighted by Crippen LogP contribution is 2.43. The number of ether oxygens (including phenoxy) is 2. The van der Waals surface area contributed by atoms with E-state index in [1.165, 1.54) is 6.42 Å². The van der Waals surface area contributed by atoms with Gasteiger partial charge in [-0.3, -0.25) is 0 Å². The summed E-state index contributed by atoms with van der Waals surface area (Å²) in [7, 11) is 0. The van der Waals surface area contributed by atoms with Gasteiger partial charge in [-0.05, 0) is 32.2 Å². The summed E-state index contributed by atoms with van der Waals surface area (Å²) in [6, 6.07) is 0.287. The molecule has 0 aromatic carbocycles. The lowest BCUT2D eigenvalue weighted by molar-refractivity contribution is 0.0996. The van der Waals surface area contributed by atoms with E-state index in [1.54, 1.807) is 0 Å². The van der Waals surface area contributed by atoms with E-state index in [-0.39, 0.29) is 12.0 Å². The Morgan fingerprint density at radius 3 is 2.95 bits per heavy atom. The number of aromatic nitrogens is 2. The Hall–Kier alpha value is -0.980. The predicted molar refractivity (Wildman–Crippen MR) is 75.2 cm³/mol. The molecule has 6 heteroatoms. The molecule has 3 aliphatic heterocycles. The first-order valence-electron chi connectivity index (χ1n) is 8.15. The Morgan fingerprint density at radius 2 is 2.19 bits per heavy atom. The highest BCUT2D eigenvalue weighted by molar-refractivity contribution is 5.10. The van der Waals surface area contributed by atoms with Gasteiger partial charge < -0.3 is 19.3 Å². The van der Waals surface area contributed by atoms with Crippen molar-refractivity contribution in [1.82, 2.24) is 15.5 Å². The largest absolute Gasteiger partial charge is 0.379 e. The van der Waals surface area contributed by atoms with Crippen LogP contribution in [0.5, 0.6) is 0 Å². The van der Waals surface area contributed by atoms with Crippen molar-refractivity contribution < 1.29 is 14.0 Å². The molecule has 3 fully saturated rings. The van der Waals surface area contributed by atoms with E-state index in [9.17, 15) is 0 Å². The van der Waals surface area contributed by atoms with Gasteiger partial charge in [0, 0.05) is 6.04 Å². The quantitative estimate of drug-likeness (QED) is 0.889. The summed E-state index contributed by atoms with van der Waals surface area (Å²) in [5.41, 5.74) is 0. The average molecular weight is 293 g/mol. The second-order valence-corrected chi connectivity index (χ2v) is 6.41. The zero-order valence-corrected chi connectivity index (χ0v) is 12.5. The van der Waals surface area contributed by atoms with Crippen molar-refractivity contribution in [3.05, 3.63) is 11.7 Å². The van der Waals surface area contributed by atoms with E-state index >= 15 is 0 Å². The summed E-state index contributed by atoms with van der Waals surface area (Å²) in [6.07, 6.45) is 5.19. The summed E-state index contributed by atoms with van der Waals surface area (Å²) < 4.78 is 17.0. The fourth-order valence-electron chi connectivity index (χ4n) is 3.79. The van der Waals surface area contributed by atoms with Crippen LogP contribution in [0, 0.1) is 0 Å². The molecule has 0 amide bonds. The Balaban J connectivity index is 1.46. The summed E-state index contributed by atoms with van der Waals surface area (Å²) in [4.78, 5) is 4.67. The number of rotatable bonds is 5. The van der Waals surface area contributed by atoms with Crippen molar-refractivity contribution in [1.29, 1.82) is 0 Å². The first kappa shape index (κ1) is 13.7. The second-order valence-electron chi connectivity index (χ2n) is 6.41. The minimum atomic E-state index is 0.178. The first-order chi connectivity index (χ1) is 10.3. The van der Waals surface area contributed by atoms with Crippen molar-refractivity contribution >= 4 is 0 Å². The van der Waals surface area contributed by atoms with Crippen LogP contribution in [-0.4, -0.2) is 48.1 Å². The maximum atomic E-state index is 5.89. The van der Waals surface area contributed by atoms with Crippen molar-refractivity contribution in [2.24, 2.45) is 0 Å². The van der Waals surface area contributed by atoms with Gasteiger partial charge in [-0.2, -0.15) is 4.98 Å². The standard InChI is InChI=1S/C15H23N3O3/c1-2-5-16-12-8-19-7-11(12)15-17-14(18-21-15)10-6-9-3-4-13(10)20-9/h9-13,16H,2-8H2,1H3. The van der Waals surface area contributed by atoms with E-state index in [1.807, 2.05) is 0 Å². The lowest BCUT2D eigenvalue weighted by Gasteiger charge is -2.15. The maximum absolute atomic E-state index is 5.89. The summed E-state index contributed by atoms with van der Waals surface area (Å²) in [6.45, 7) is 4.54. The Labute approximate surface area is 124 Å². The molecule has 0 radical (unpaired) electrons. The molecule has 5 unspecified atom stereocenters. The lowest BCUT2D eigenvalue weighted by atomic mass is 9.89. The molecular formula is C15H23N3O3. The SMILES string of the molecule is CCCNC1COCC1c1nc(C2CC3CCC2O3)no1. The third kappa shape index (κ3) is 2.49. The molecule has 3 saturated heterocycles. The molecule has 1 aromatic heterocycles. The van der Waals surface area contributed by atoms with E-state index in [2.05, 4.69) is 22.4 Å². The van der Waals surface area contributed by atoms with Gasteiger partial charge in [-0.25, -0.2) is 0 Å². The minimum absolute atomic E-state index is 0.178. The average Bonchev–Trinajstić information content (AvgIpc) is 3.26. The molecule has 3 aliphatic rings. The van der Waals surface area contributed by atoms with Crippen LogP contribution in [0.4, 0.5) is 0 Å². The first-order valence-corrected chi connectivity index (χ1v) is 8.15. The molecule has 1 aromatic rings. The van der Waals surface area contributed by atoms with Crippen LogP contribution in [0.15, 0.2) is 4.52 Å². The van der Waals surface area contributed by atoms with Crippen LogP contribution in [0.2, 0.25) is 0 Å². The van der Waals surface area contributed by atoms with E-state index in [0.717, 1.165) is 44.1 Å². The van der Waals surface area contributed by atoms with Crippen molar-refractivity contribution in [2.75, 3.05) is 19.8 Å². The van der Waals surface area contributed by atoms with Crippen molar-refractivity contribution in [2.45, 2.75) is 62.7 Å². The predicted octanol–water partition coefficient (Wildman–Crippen LogP) is 1.59. The molecule has 6 nitrogen and oxygen atoms in total. The van der Waals surface area contributed by atoms with Gasteiger partial charge in [0.25, 0.3) is 0 Å². The monoisotopic (exact) mass is 293 g/mol. The van der Waals surface area contributed by atoms with Crippen molar-refractivity contribution in [3.8, 4) is 0 Å². The number of fused-ring (bicyclic) bond motifs is 2. The normalized spacial score (nSPS) is 38.4. The van der Waals surface area contributed by atoms with Gasteiger partial charge in [0.15, 0.2) is 5.82 Å². The number of nitrogens with zero attached hydrogens (tertiary/aromatic N) is 2. The summed E-state index contributed by atoms with van der Waals surface area (Å²) in [5, 5.41) is 7.73. The molecule has 0 aliphatic carbocycles. The van der Waals surface area contributed by atoms with Gasteiger partial charge in [-0.1, -0.05) is 12.1 Å². The van der Waals surface area contributed by atoms with Gasteiger partial charge >= 0.3 is 0 Å². The molecule has 2 bridgehead atoms. The van der Waals surface area contributed by atoms with Crippen LogP contribution in [0.25, 0.3) is 0 Å². The molecule has 1 N–H and O–H groups in total. The summed E-state index contributed by atoms with van der Waals surface area (Å²) in [5.74, 6) is 2.06.